The minimum atomic E-state index is -0.344. The van der Waals surface area contributed by atoms with Gasteiger partial charge in [0, 0.05) is 97.3 Å². The lowest BCUT2D eigenvalue weighted by molar-refractivity contribution is 0.101. The number of aryl methyl sites for hydroxylation is 2. The normalized spacial score (nSPS) is 16.1. The summed E-state index contributed by atoms with van der Waals surface area (Å²) in [5.74, 6) is -0.873. The topological polar surface area (TPSA) is 76.2 Å². The molecule has 6 aromatic rings. The van der Waals surface area contributed by atoms with E-state index >= 15 is 0 Å². The first-order chi connectivity index (χ1) is 31.2. The molecule has 0 radical (unpaired) electrons. The van der Waals surface area contributed by atoms with Crippen LogP contribution in [0.3, 0.4) is 0 Å². The molecule has 64 heavy (non-hydrogen) atoms. The van der Waals surface area contributed by atoms with Gasteiger partial charge in [-0.1, -0.05) is 158 Å². The molecule has 0 bridgehead atoms. The van der Waals surface area contributed by atoms with Gasteiger partial charge in [-0.15, -0.1) is 0 Å². The molecule has 2 unspecified atom stereocenters. The molecule has 0 aromatic heterocycles. The third kappa shape index (κ3) is 9.27. The van der Waals surface area contributed by atoms with Crippen molar-refractivity contribution in [2.75, 3.05) is 40.5 Å². The van der Waals surface area contributed by atoms with E-state index in [0.717, 1.165) is 44.5 Å². The Hall–Kier alpha value is -7.19. The van der Waals surface area contributed by atoms with Crippen LogP contribution < -0.4 is 0 Å². The van der Waals surface area contributed by atoms with E-state index in [1.807, 2.05) is 156 Å². The number of allylic oxidation sites excluding steroid dienone is 4. The van der Waals surface area contributed by atoms with Gasteiger partial charge < -0.3 is 19.3 Å². The zero-order chi connectivity index (χ0) is 44.6. The van der Waals surface area contributed by atoms with Crippen LogP contribution in [-0.4, -0.2) is 67.7 Å². The first-order valence-corrected chi connectivity index (χ1v) is 21.7. The smallest absolute Gasteiger partial charge is 0.193 e. The second-order valence-electron chi connectivity index (χ2n) is 16.3. The van der Waals surface area contributed by atoms with Crippen LogP contribution in [0.2, 0.25) is 0 Å². The number of ether oxygens (including phenoxy) is 2. The maximum Gasteiger partial charge on any atom is 0.193 e. The fourth-order valence-electron chi connectivity index (χ4n) is 8.73. The Kier molecular flexibility index (Phi) is 13.5. The summed E-state index contributed by atoms with van der Waals surface area (Å²) in [5.41, 5.74) is 11.7. The van der Waals surface area contributed by atoms with Crippen LogP contribution in [0.4, 0.5) is 0 Å². The molecular weight excluding hydrogens is 793 g/mol. The zero-order valence-electron chi connectivity index (χ0n) is 36.7. The Bertz CT molecular complexity index is 2580. The summed E-state index contributed by atoms with van der Waals surface area (Å²) in [4.78, 5) is 47.0. The van der Waals surface area contributed by atoms with Gasteiger partial charge in [0.25, 0.3) is 0 Å². The van der Waals surface area contributed by atoms with Crippen molar-refractivity contribution in [1.29, 1.82) is 0 Å². The Labute approximate surface area is 376 Å². The first kappa shape index (κ1) is 43.5. The molecule has 0 amide bonds. The minimum absolute atomic E-state index is 0.0379. The van der Waals surface area contributed by atoms with Gasteiger partial charge in [0.2, 0.25) is 0 Å². The Balaban J connectivity index is 1.12. The average molecular weight is 845 g/mol. The van der Waals surface area contributed by atoms with Gasteiger partial charge in [-0.25, -0.2) is 0 Å². The molecule has 6 aromatic carbocycles. The molecule has 7 nitrogen and oxygen atoms in total. The second kappa shape index (κ2) is 19.9. The monoisotopic (exact) mass is 844 g/mol. The number of ketones is 3. The predicted octanol–water partition coefficient (Wildman–Crippen LogP) is 11.2. The Morgan fingerprint density at radius 1 is 0.422 bits per heavy atom. The largest absolute Gasteiger partial charge is 0.383 e. The molecular formula is C57H52N2O5. The highest BCUT2D eigenvalue weighted by molar-refractivity contribution is 6.13. The summed E-state index contributed by atoms with van der Waals surface area (Å²) in [6.07, 6.45) is 8.11. The van der Waals surface area contributed by atoms with Crippen molar-refractivity contribution in [3.63, 3.8) is 0 Å². The lowest BCUT2D eigenvalue weighted by atomic mass is 9.76. The predicted molar refractivity (Wildman–Crippen MR) is 255 cm³/mol. The van der Waals surface area contributed by atoms with Crippen molar-refractivity contribution < 1.29 is 23.9 Å². The summed E-state index contributed by atoms with van der Waals surface area (Å²) >= 11 is 0. The van der Waals surface area contributed by atoms with E-state index in [4.69, 9.17) is 9.47 Å². The van der Waals surface area contributed by atoms with E-state index < -0.39 is 0 Å². The number of carbonyl (C=O) groups excluding carboxylic acids is 3. The number of hydrogen-bond acceptors (Lipinski definition) is 7. The van der Waals surface area contributed by atoms with Crippen molar-refractivity contribution in [1.82, 2.24) is 9.80 Å². The summed E-state index contributed by atoms with van der Waals surface area (Å²) in [5, 5.41) is 0. The molecule has 320 valence electrons. The van der Waals surface area contributed by atoms with E-state index in [1.54, 1.807) is 14.2 Å². The molecule has 2 heterocycles. The van der Waals surface area contributed by atoms with Crippen molar-refractivity contribution in [2.24, 2.45) is 0 Å². The number of nitrogens with zero attached hydrogens (tertiary/aromatic N) is 2. The highest BCUT2D eigenvalue weighted by atomic mass is 16.5. The number of Topliss-reactive ketones (excluding diaryl/α,β-unsaturated/α-hetero) is 2. The van der Waals surface area contributed by atoms with Gasteiger partial charge in [0.15, 0.2) is 17.3 Å². The van der Waals surface area contributed by atoms with Crippen LogP contribution in [-0.2, 0) is 9.47 Å². The van der Waals surface area contributed by atoms with Crippen LogP contribution in [0.25, 0.3) is 11.1 Å². The van der Waals surface area contributed by atoms with Gasteiger partial charge >= 0.3 is 0 Å². The molecule has 2 aliphatic heterocycles. The first-order valence-electron chi connectivity index (χ1n) is 21.7. The van der Waals surface area contributed by atoms with E-state index in [1.165, 1.54) is 0 Å². The lowest BCUT2D eigenvalue weighted by Gasteiger charge is -2.33. The summed E-state index contributed by atoms with van der Waals surface area (Å²) in [6, 6.07) is 50.6. The molecule has 2 atom stereocenters. The minimum Gasteiger partial charge on any atom is -0.383 e. The molecule has 0 saturated heterocycles. The number of rotatable bonds is 16. The fourth-order valence-corrected chi connectivity index (χ4v) is 8.73. The Morgan fingerprint density at radius 3 is 1.12 bits per heavy atom. The number of hydrogen-bond donors (Lipinski definition) is 0. The molecule has 0 spiro atoms. The maximum absolute atomic E-state index is 14.4. The SMILES string of the molecule is COCCN1C=C(C(=O)c2ccccc2)C(c2ccccc2C)C(c2ccc(C(=O)c3ccc(C4=CN(CCOC)C=C(C(=O)c5ccccc5)C4c4ccccc4C)cc3)cc2)=C1. The molecule has 0 aliphatic carbocycles. The zero-order valence-corrected chi connectivity index (χ0v) is 36.7. The molecule has 0 saturated carbocycles. The van der Waals surface area contributed by atoms with E-state index in [0.29, 0.717) is 59.7 Å². The van der Waals surface area contributed by atoms with Crippen molar-refractivity contribution >= 4 is 28.5 Å². The van der Waals surface area contributed by atoms with Crippen molar-refractivity contribution in [3.05, 3.63) is 249 Å². The highest BCUT2D eigenvalue weighted by Crippen LogP contribution is 2.45. The Morgan fingerprint density at radius 2 is 0.766 bits per heavy atom. The quantitative estimate of drug-likeness (QED) is 0.0898. The molecule has 8 rings (SSSR count). The third-order valence-electron chi connectivity index (χ3n) is 12.1. The molecule has 0 N–H and O–H groups in total. The summed E-state index contributed by atoms with van der Waals surface area (Å²) in [7, 11) is 3.34. The van der Waals surface area contributed by atoms with E-state index in [9.17, 15) is 14.4 Å². The van der Waals surface area contributed by atoms with Gasteiger partial charge in [0.1, 0.15) is 0 Å². The third-order valence-corrected chi connectivity index (χ3v) is 12.1. The van der Waals surface area contributed by atoms with Crippen molar-refractivity contribution in [2.45, 2.75) is 25.7 Å². The van der Waals surface area contributed by atoms with Gasteiger partial charge in [-0.05, 0) is 58.4 Å². The van der Waals surface area contributed by atoms with Crippen molar-refractivity contribution in [3.8, 4) is 0 Å². The second-order valence-corrected chi connectivity index (χ2v) is 16.3. The highest BCUT2D eigenvalue weighted by Gasteiger charge is 2.34. The number of methoxy groups -OCH3 is 2. The standard InChI is InChI=1S/C57H52N2O5/c1-39-15-11-13-21-47(39)53-49(35-58(31-33-63-3)37-51(53)56(61)43-17-7-5-8-18-43)41-23-27-45(28-24-41)55(60)46-29-25-42(26-30-46)50-36-59(32-34-64-4)38-52(57(62)44-19-9-6-10-20-44)54(50)48-22-14-12-16-40(48)2/h5-30,35-38,53-54H,31-34H2,1-4H3. The van der Waals surface area contributed by atoms with Crippen LogP contribution in [0, 0.1) is 13.8 Å². The number of benzene rings is 6. The van der Waals surface area contributed by atoms with Crippen LogP contribution >= 0.6 is 0 Å². The van der Waals surface area contributed by atoms with E-state index in [2.05, 4.69) is 50.5 Å². The fraction of sp³-hybridized carbons (Fsp3) is 0.175. The van der Waals surface area contributed by atoms with Crippen LogP contribution in [0.5, 0.6) is 0 Å². The van der Waals surface area contributed by atoms with Crippen LogP contribution in [0.15, 0.2) is 194 Å². The summed E-state index contributed by atoms with van der Waals surface area (Å²) in [6.45, 7) is 6.24. The maximum atomic E-state index is 14.4. The molecule has 2 aliphatic rings. The molecule has 0 fully saturated rings. The lowest BCUT2D eigenvalue weighted by Crippen LogP contribution is -2.27. The average Bonchev–Trinajstić information content (AvgIpc) is 3.35. The number of carbonyl (C=O) groups is 3. The van der Waals surface area contributed by atoms with E-state index in [-0.39, 0.29) is 29.2 Å². The van der Waals surface area contributed by atoms with Gasteiger partial charge in [-0.3, -0.25) is 14.4 Å². The summed E-state index contributed by atoms with van der Waals surface area (Å²) < 4.78 is 10.9. The van der Waals surface area contributed by atoms with Gasteiger partial charge in [-0.2, -0.15) is 0 Å². The van der Waals surface area contributed by atoms with Crippen LogP contribution in [0.1, 0.15) is 81.9 Å². The van der Waals surface area contributed by atoms with Gasteiger partial charge in [0.05, 0.1) is 13.2 Å². The molecule has 7 heteroatoms.